The van der Waals surface area contributed by atoms with E-state index in [9.17, 15) is 14.9 Å². The summed E-state index contributed by atoms with van der Waals surface area (Å²) in [6.07, 6.45) is 1.70. The zero-order valence-corrected chi connectivity index (χ0v) is 11.8. The van der Waals surface area contributed by atoms with Crippen LogP contribution < -0.4 is 0 Å². The Morgan fingerprint density at radius 1 is 1.50 bits per heavy atom. The molecule has 0 unspecified atom stereocenters. The Hall–Kier alpha value is -1.43. The lowest BCUT2D eigenvalue weighted by atomic mass is 10.1. The summed E-state index contributed by atoms with van der Waals surface area (Å²) in [5, 5.41) is 10.8. The van der Waals surface area contributed by atoms with Gasteiger partial charge in [-0.25, -0.2) is 4.79 Å². The molecule has 0 atom stereocenters. The Morgan fingerprint density at radius 2 is 2.17 bits per heavy atom. The van der Waals surface area contributed by atoms with E-state index >= 15 is 0 Å². The van der Waals surface area contributed by atoms with Crippen LogP contribution in [-0.4, -0.2) is 17.5 Å². The Balaban J connectivity index is 2.97. The molecule has 18 heavy (non-hydrogen) atoms. The molecule has 0 bridgehead atoms. The van der Waals surface area contributed by atoms with Crippen molar-refractivity contribution in [1.29, 1.82) is 0 Å². The monoisotopic (exact) mass is 315 g/mol. The quantitative estimate of drug-likeness (QED) is 0.360. The third-order valence-corrected chi connectivity index (χ3v) is 3.08. The lowest BCUT2D eigenvalue weighted by Crippen LogP contribution is -2.09. The van der Waals surface area contributed by atoms with Gasteiger partial charge < -0.3 is 4.74 Å². The molecule has 0 aliphatic rings. The van der Waals surface area contributed by atoms with E-state index in [0.717, 1.165) is 12.8 Å². The van der Waals surface area contributed by atoms with Crippen molar-refractivity contribution in [2.45, 2.75) is 26.7 Å². The number of halogens is 1. The molecule has 0 saturated carbocycles. The molecule has 0 radical (unpaired) electrons. The van der Waals surface area contributed by atoms with E-state index in [1.165, 1.54) is 6.07 Å². The summed E-state index contributed by atoms with van der Waals surface area (Å²) in [5.41, 5.74) is 0.748. The zero-order chi connectivity index (χ0) is 13.7. The third-order valence-electron chi connectivity index (χ3n) is 2.44. The van der Waals surface area contributed by atoms with Crippen molar-refractivity contribution in [1.82, 2.24) is 0 Å². The predicted octanol–water partition coefficient (Wildman–Crippen LogP) is 3.62. The fraction of sp³-hybridized carbons (Fsp3) is 0.417. The summed E-state index contributed by atoms with van der Waals surface area (Å²) in [4.78, 5) is 22.0. The maximum Gasteiger partial charge on any atom is 0.338 e. The maximum absolute atomic E-state index is 11.8. The fourth-order valence-electron chi connectivity index (χ4n) is 1.41. The van der Waals surface area contributed by atoms with Gasteiger partial charge in [0.2, 0.25) is 0 Å². The first-order chi connectivity index (χ1) is 8.47. The van der Waals surface area contributed by atoms with Crippen molar-refractivity contribution in [3.05, 3.63) is 37.8 Å². The zero-order valence-electron chi connectivity index (χ0n) is 10.2. The summed E-state index contributed by atoms with van der Waals surface area (Å²) in [6.45, 7) is 4.03. The number of hydrogen-bond acceptors (Lipinski definition) is 4. The largest absolute Gasteiger partial charge is 0.462 e. The topological polar surface area (TPSA) is 69.4 Å². The molecule has 0 aliphatic heterocycles. The van der Waals surface area contributed by atoms with Crippen molar-refractivity contribution < 1.29 is 14.5 Å². The molecular weight excluding hydrogens is 302 g/mol. The lowest BCUT2D eigenvalue weighted by Gasteiger charge is -2.07. The van der Waals surface area contributed by atoms with E-state index in [1.807, 2.05) is 6.92 Å². The summed E-state index contributed by atoms with van der Waals surface area (Å²) in [5.74, 6) is -0.517. The van der Waals surface area contributed by atoms with Gasteiger partial charge in [-0.1, -0.05) is 13.3 Å². The fourth-order valence-corrected chi connectivity index (χ4v) is 2.01. The maximum atomic E-state index is 11.8. The number of nitro benzene ring substituents is 1. The number of carbonyl (C=O) groups is 1. The molecular formula is C12H14BrNO4. The van der Waals surface area contributed by atoms with E-state index in [0.29, 0.717) is 16.6 Å². The summed E-state index contributed by atoms with van der Waals surface area (Å²) in [7, 11) is 0. The second-order valence-corrected chi connectivity index (χ2v) is 4.72. The molecule has 0 fully saturated rings. The van der Waals surface area contributed by atoms with Crippen LogP contribution in [-0.2, 0) is 4.74 Å². The van der Waals surface area contributed by atoms with Crippen LogP contribution in [0.4, 0.5) is 5.69 Å². The van der Waals surface area contributed by atoms with E-state index in [-0.39, 0.29) is 11.3 Å². The molecule has 6 heteroatoms. The number of hydrogen-bond donors (Lipinski definition) is 0. The smallest absolute Gasteiger partial charge is 0.338 e. The molecule has 0 aromatic heterocycles. The van der Waals surface area contributed by atoms with E-state index in [2.05, 4.69) is 15.9 Å². The van der Waals surface area contributed by atoms with Crippen molar-refractivity contribution in [2.24, 2.45) is 0 Å². The number of unbranched alkanes of at least 4 members (excludes halogenated alkanes) is 1. The minimum Gasteiger partial charge on any atom is -0.462 e. The number of rotatable bonds is 5. The SMILES string of the molecule is CCCCOC(=O)c1cc([N+](=O)[O-])c(Br)cc1C. The second-order valence-electron chi connectivity index (χ2n) is 3.87. The summed E-state index contributed by atoms with van der Waals surface area (Å²) in [6, 6.07) is 2.79. The van der Waals surface area contributed by atoms with Gasteiger partial charge in [0.1, 0.15) is 0 Å². The molecule has 0 heterocycles. The lowest BCUT2D eigenvalue weighted by molar-refractivity contribution is -0.385. The first-order valence-corrected chi connectivity index (χ1v) is 6.38. The van der Waals surface area contributed by atoms with Gasteiger partial charge in [0.05, 0.1) is 21.6 Å². The first-order valence-electron chi connectivity index (χ1n) is 5.59. The van der Waals surface area contributed by atoms with E-state index in [1.54, 1.807) is 13.0 Å². The Kier molecular flexibility index (Phi) is 5.27. The normalized spacial score (nSPS) is 10.2. The Morgan fingerprint density at radius 3 is 2.72 bits per heavy atom. The molecule has 1 aromatic carbocycles. The first kappa shape index (κ1) is 14.6. The average molecular weight is 316 g/mol. The van der Waals surface area contributed by atoms with Crippen LogP contribution in [0.25, 0.3) is 0 Å². The number of nitro groups is 1. The average Bonchev–Trinajstić information content (AvgIpc) is 2.28. The molecule has 0 aliphatic carbocycles. The van der Waals surface area contributed by atoms with Crippen LogP contribution in [0.3, 0.4) is 0 Å². The molecule has 0 N–H and O–H groups in total. The third kappa shape index (κ3) is 3.53. The van der Waals surface area contributed by atoms with Crippen LogP contribution in [0, 0.1) is 17.0 Å². The molecule has 0 saturated heterocycles. The van der Waals surface area contributed by atoms with Crippen molar-refractivity contribution in [3.8, 4) is 0 Å². The second kappa shape index (κ2) is 6.49. The van der Waals surface area contributed by atoms with Crippen molar-refractivity contribution in [2.75, 3.05) is 6.61 Å². The molecule has 0 amide bonds. The van der Waals surface area contributed by atoms with Gasteiger partial charge in [-0.2, -0.15) is 0 Å². The van der Waals surface area contributed by atoms with Crippen molar-refractivity contribution >= 4 is 27.6 Å². The minimum absolute atomic E-state index is 0.136. The summed E-state index contributed by atoms with van der Waals surface area (Å²) < 4.78 is 5.40. The number of ether oxygens (including phenoxy) is 1. The molecule has 5 nitrogen and oxygen atoms in total. The van der Waals surface area contributed by atoms with Crippen LogP contribution in [0.1, 0.15) is 35.7 Å². The van der Waals surface area contributed by atoms with Gasteiger partial charge in [-0.15, -0.1) is 0 Å². The van der Waals surface area contributed by atoms with Crippen LogP contribution in [0.2, 0.25) is 0 Å². The van der Waals surface area contributed by atoms with Crippen LogP contribution >= 0.6 is 15.9 Å². The van der Waals surface area contributed by atoms with Crippen molar-refractivity contribution in [3.63, 3.8) is 0 Å². The number of nitrogens with zero attached hydrogens (tertiary/aromatic N) is 1. The molecule has 1 aromatic rings. The van der Waals surface area contributed by atoms with E-state index < -0.39 is 10.9 Å². The van der Waals surface area contributed by atoms with Crippen LogP contribution in [0.15, 0.2) is 16.6 Å². The number of esters is 1. The van der Waals surface area contributed by atoms with Crippen LogP contribution in [0.5, 0.6) is 0 Å². The molecule has 0 spiro atoms. The highest BCUT2D eigenvalue weighted by molar-refractivity contribution is 9.10. The van der Waals surface area contributed by atoms with Gasteiger partial charge in [0, 0.05) is 6.07 Å². The number of aryl methyl sites for hydroxylation is 1. The van der Waals surface area contributed by atoms with Gasteiger partial charge >= 0.3 is 5.97 Å². The van der Waals surface area contributed by atoms with Gasteiger partial charge in [-0.3, -0.25) is 10.1 Å². The Labute approximate surface area is 113 Å². The molecule has 98 valence electrons. The summed E-state index contributed by atoms with van der Waals surface area (Å²) >= 11 is 3.10. The van der Waals surface area contributed by atoms with Gasteiger partial charge in [0.25, 0.3) is 5.69 Å². The highest BCUT2D eigenvalue weighted by atomic mass is 79.9. The Bertz CT molecular complexity index is 473. The van der Waals surface area contributed by atoms with Gasteiger partial charge in [-0.05, 0) is 40.9 Å². The van der Waals surface area contributed by atoms with E-state index in [4.69, 9.17) is 4.74 Å². The standard InChI is InChI=1S/C12H14BrNO4/c1-3-4-5-18-12(15)9-7-11(14(16)17)10(13)6-8(9)2/h6-7H,3-5H2,1-2H3. The predicted molar refractivity (Wildman–Crippen MR) is 70.7 cm³/mol. The highest BCUT2D eigenvalue weighted by Gasteiger charge is 2.19. The highest BCUT2D eigenvalue weighted by Crippen LogP contribution is 2.28. The molecule has 1 rings (SSSR count). The number of benzene rings is 1. The van der Waals surface area contributed by atoms with Gasteiger partial charge in [0.15, 0.2) is 0 Å². The minimum atomic E-state index is -0.535. The number of carbonyl (C=O) groups excluding carboxylic acids is 1.